The summed E-state index contributed by atoms with van der Waals surface area (Å²) in [6.45, 7) is 3.09. The van der Waals surface area contributed by atoms with Crippen molar-refractivity contribution in [3.8, 4) is 0 Å². The fourth-order valence-corrected chi connectivity index (χ4v) is 4.29. The number of carbonyl (C=O) groups is 1. The van der Waals surface area contributed by atoms with Gasteiger partial charge in [-0.15, -0.1) is 0 Å². The maximum Gasteiger partial charge on any atom is 0.270 e. The number of amides is 1. The third-order valence-corrected chi connectivity index (χ3v) is 5.68. The first-order valence-electron chi connectivity index (χ1n) is 9.81. The van der Waals surface area contributed by atoms with Crippen LogP contribution in [0.2, 0.25) is 0 Å². The first kappa shape index (κ1) is 17.8. The van der Waals surface area contributed by atoms with Gasteiger partial charge in [-0.25, -0.2) is 4.39 Å². The van der Waals surface area contributed by atoms with E-state index in [-0.39, 0.29) is 11.7 Å². The molecule has 2 aromatic carbocycles. The molecule has 4 heteroatoms. The number of halogens is 1. The van der Waals surface area contributed by atoms with Gasteiger partial charge in [-0.1, -0.05) is 49.2 Å². The van der Waals surface area contributed by atoms with E-state index in [0.29, 0.717) is 30.4 Å². The van der Waals surface area contributed by atoms with E-state index in [2.05, 4.69) is 0 Å². The van der Waals surface area contributed by atoms with Gasteiger partial charge in [0.15, 0.2) is 0 Å². The smallest absolute Gasteiger partial charge is 0.270 e. The molecular formula is C23H25FN2O. The monoisotopic (exact) mass is 364 g/mol. The SMILES string of the molecule is CCN(C(=O)c1cc2ccccc2n1Cc1ccccc1F)C1CCCC1. The zero-order valence-corrected chi connectivity index (χ0v) is 15.7. The van der Waals surface area contributed by atoms with E-state index >= 15 is 0 Å². The molecule has 1 saturated carbocycles. The lowest BCUT2D eigenvalue weighted by atomic mass is 10.2. The first-order valence-corrected chi connectivity index (χ1v) is 9.81. The molecule has 0 atom stereocenters. The van der Waals surface area contributed by atoms with Gasteiger partial charge >= 0.3 is 0 Å². The summed E-state index contributed by atoms with van der Waals surface area (Å²) >= 11 is 0. The van der Waals surface area contributed by atoms with E-state index < -0.39 is 0 Å². The molecule has 140 valence electrons. The Hall–Kier alpha value is -2.62. The molecule has 1 amide bonds. The maximum atomic E-state index is 14.3. The van der Waals surface area contributed by atoms with Crippen LogP contribution in [-0.2, 0) is 6.54 Å². The largest absolute Gasteiger partial charge is 0.335 e. The van der Waals surface area contributed by atoms with Gasteiger partial charge in [-0.2, -0.15) is 0 Å². The van der Waals surface area contributed by atoms with Gasteiger partial charge in [0.25, 0.3) is 5.91 Å². The number of hydrogen-bond acceptors (Lipinski definition) is 1. The van der Waals surface area contributed by atoms with E-state index in [0.717, 1.165) is 23.7 Å². The van der Waals surface area contributed by atoms with Crippen molar-refractivity contribution in [2.45, 2.75) is 45.2 Å². The highest BCUT2D eigenvalue weighted by atomic mass is 19.1. The summed E-state index contributed by atoms with van der Waals surface area (Å²) in [5.74, 6) is -0.186. The molecule has 1 aliphatic rings. The lowest BCUT2D eigenvalue weighted by Crippen LogP contribution is -2.39. The molecule has 0 saturated heterocycles. The third-order valence-electron chi connectivity index (χ3n) is 5.68. The quantitative estimate of drug-likeness (QED) is 0.608. The maximum absolute atomic E-state index is 14.3. The van der Waals surface area contributed by atoms with Crippen molar-refractivity contribution < 1.29 is 9.18 Å². The van der Waals surface area contributed by atoms with E-state index in [1.807, 2.05) is 52.8 Å². The fourth-order valence-electron chi connectivity index (χ4n) is 4.29. The highest BCUT2D eigenvalue weighted by Crippen LogP contribution is 2.28. The molecule has 0 bridgehead atoms. The number of rotatable bonds is 5. The number of para-hydroxylation sites is 1. The molecule has 3 aromatic rings. The summed E-state index contributed by atoms with van der Waals surface area (Å²) in [6, 6.07) is 17.0. The number of nitrogens with zero attached hydrogens (tertiary/aromatic N) is 2. The minimum Gasteiger partial charge on any atom is -0.335 e. The second-order valence-corrected chi connectivity index (χ2v) is 7.30. The Bertz CT molecular complexity index is 956. The van der Waals surface area contributed by atoms with Gasteiger partial charge in [0.05, 0.1) is 6.54 Å². The number of benzene rings is 2. The molecule has 0 spiro atoms. The zero-order valence-electron chi connectivity index (χ0n) is 15.7. The molecule has 1 aromatic heterocycles. The van der Waals surface area contributed by atoms with Crippen LogP contribution in [0.3, 0.4) is 0 Å². The summed E-state index contributed by atoms with van der Waals surface area (Å²) in [5, 5.41) is 1.01. The highest BCUT2D eigenvalue weighted by molar-refractivity contribution is 5.99. The van der Waals surface area contributed by atoms with Crippen molar-refractivity contribution in [1.29, 1.82) is 0 Å². The van der Waals surface area contributed by atoms with Crippen molar-refractivity contribution in [3.63, 3.8) is 0 Å². The predicted octanol–water partition coefficient (Wildman–Crippen LogP) is 5.23. The van der Waals surface area contributed by atoms with Crippen LogP contribution in [0.1, 0.15) is 48.7 Å². The Balaban J connectivity index is 1.77. The lowest BCUT2D eigenvalue weighted by molar-refractivity contribution is 0.0683. The van der Waals surface area contributed by atoms with Crippen LogP contribution in [0.5, 0.6) is 0 Å². The van der Waals surface area contributed by atoms with Crippen LogP contribution in [0.25, 0.3) is 10.9 Å². The molecule has 4 rings (SSSR count). The molecule has 27 heavy (non-hydrogen) atoms. The van der Waals surface area contributed by atoms with Crippen LogP contribution < -0.4 is 0 Å². The summed E-state index contributed by atoms with van der Waals surface area (Å²) in [6.07, 6.45) is 4.53. The number of carbonyl (C=O) groups excluding carboxylic acids is 1. The highest BCUT2D eigenvalue weighted by Gasteiger charge is 2.28. The van der Waals surface area contributed by atoms with Gasteiger partial charge in [-0.05, 0) is 38.0 Å². The number of aromatic nitrogens is 1. The topological polar surface area (TPSA) is 25.2 Å². The van der Waals surface area contributed by atoms with Crippen molar-refractivity contribution >= 4 is 16.8 Å². The normalized spacial score (nSPS) is 14.7. The van der Waals surface area contributed by atoms with Crippen molar-refractivity contribution in [1.82, 2.24) is 9.47 Å². The molecule has 3 nitrogen and oxygen atoms in total. The van der Waals surface area contributed by atoms with E-state index in [4.69, 9.17) is 0 Å². The standard InChI is InChI=1S/C23H25FN2O/c1-2-25(19-11-5-6-12-19)23(27)22-15-17-9-4-8-14-21(17)26(22)16-18-10-3-7-13-20(18)24/h3-4,7-10,13-15,19H,2,5-6,11-12,16H2,1H3. The zero-order chi connectivity index (χ0) is 18.8. The molecule has 1 aliphatic carbocycles. The van der Waals surface area contributed by atoms with Crippen molar-refractivity contribution in [3.05, 3.63) is 71.7 Å². The minimum atomic E-state index is -0.239. The summed E-state index contributed by atoms with van der Waals surface area (Å²) < 4.78 is 16.2. The molecule has 0 aliphatic heterocycles. The number of fused-ring (bicyclic) bond motifs is 1. The average Bonchev–Trinajstić information content (AvgIpc) is 3.33. The van der Waals surface area contributed by atoms with Gasteiger partial charge < -0.3 is 9.47 Å². The molecule has 1 fully saturated rings. The molecule has 0 unspecified atom stereocenters. The fraction of sp³-hybridized carbons (Fsp3) is 0.348. The van der Waals surface area contributed by atoms with E-state index in [1.54, 1.807) is 12.1 Å². The summed E-state index contributed by atoms with van der Waals surface area (Å²) in [4.78, 5) is 15.4. The summed E-state index contributed by atoms with van der Waals surface area (Å²) in [7, 11) is 0. The van der Waals surface area contributed by atoms with Crippen LogP contribution in [0.15, 0.2) is 54.6 Å². The number of hydrogen-bond donors (Lipinski definition) is 0. The van der Waals surface area contributed by atoms with Crippen molar-refractivity contribution in [2.75, 3.05) is 6.54 Å². The lowest BCUT2D eigenvalue weighted by Gasteiger charge is -2.28. The summed E-state index contributed by atoms with van der Waals surface area (Å²) in [5.41, 5.74) is 2.21. The minimum absolute atomic E-state index is 0.0527. The third kappa shape index (κ3) is 3.36. The predicted molar refractivity (Wildman–Crippen MR) is 106 cm³/mol. The Morgan fingerprint density at radius 1 is 1.11 bits per heavy atom. The molecule has 0 N–H and O–H groups in total. The Morgan fingerprint density at radius 2 is 1.81 bits per heavy atom. The van der Waals surface area contributed by atoms with E-state index in [9.17, 15) is 9.18 Å². The first-order chi connectivity index (χ1) is 13.2. The van der Waals surface area contributed by atoms with Gasteiger partial charge in [0.1, 0.15) is 11.5 Å². The van der Waals surface area contributed by atoms with Crippen LogP contribution >= 0.6 is 0 Å². The van der Waals surface area contributed by atoms with Crippen LogP contribution in [-0.4, -0.2) is 28.0 Å². The average molecular weight is 364 g/mol. The molecule has 0 radical (unpaired) electrons. The Labute approximate surface area is 159 Å². The molecular weight excluding hydrogens is 339 g/mol. The second-order valence-electron chi connectivity index (χ2n) is 7.30. The van der Waals surface area contributed by atoms with Crippen LogP contribution in [0, 0.1) is 5.82 Å². The van der Waals surface area contributed by atoms with Gasteiger partial charge in [-0.3, -0.25) is 4.79 Å². The van der Waals surface area contributed by atoms with Crippen molar-refractivity contribution in [2.24, 2.45) is 0 Å². The Morgan fingerprint density at radius 3 is 2.56 bits per heavy atom. The second kappa shape index (κ2) is 7.55. The van der Waals surface area contributed by atoms with Crippen LogP contribution in [0.4, 0.5) is 4.39 Å². The van der Waals surface area contributed by atoms with E-state index in [1.165, 1.54) is 18.9 Å². The van der Waals surface area contributed by atoms with Gasteiger partial charge in [0.2, 0.25) is 0 Å². The molecule has 1 heterocycles. The Kier molecular flexibility index (Phi) is 4.97. The van der Waals surface area contributed by atoms with Gasteiger partial charge in [0, 0.05) is 29.1 Å².